The maximum absolute atomic E-state index is 12.2. The zero-order valence-corrected chi connectivity index (χ0v) is 12.9. The van der Waals surface area contributed by atoms with Crippen molar-refractivity contribution in [2.45, 2.75) is 24.3 Å². The van der Waals surface area contributed by atoms with Gasteiger partial charge in [0.2, 0.25) is 10.0 Å². The number of anilines is 1. The lowest BCUT2D eigenvalue weighted by atomic mass is 10.3. The molecule has 8 heteroatoms. The molecule has 0 saturated heterocycles. The van der Waals surface area contributed by atoms with Crippen LogP contribution in [0.15, 0.2) is 17.0 Å². The second-order valence-electron chi connectivity index (χ2n) is 3.98. The molecule has 19 heavy (non-hydrogen) atoms. The molecule has 0 aromatic heterocycles. The Kier molecular flexibility index (Phi) is 5.88. The summed E-state index contributed by atoms with van der Waals surface area (Å²) < 4.78 is 31.8. The van der Waals surface area contributed by atoms with E-state index in [1.807, 2.05) is 6.92 Å². The predicted octanol–water partition coefficient (Wildman–Crippen LogP) is 2.28. The molecular weight excluding hydrogens is 311 g/mol. The van der Waals surface area contributed by atoms with Gasteiger partial charge in [0, 0.05) is 13.2 Å². The van der Waals surface area contributed by atoms with Crippen LogP contribution in [0.2, 0.25) is 10.0 Å². The summed E-state index contributed by atoms with van der Waals surface area (Å²) in [7, 11) is -2.20. The molecule has 3 N–H and O–H groups in total. The normalized spacial score (nSPS) is 13.5. The predicted molar refractivity (Wildman–Crippen MR) is 77.2 cm³/mol. The summed E-state index contributed by atoms with van der Waals surface area (Å²) in [5.41, 5.74) is 5.73. The number of hydrogen-bond donors (Lipinski definition) is 2. The Balaban J connectivity index is 3.07. The summed E-state index contributed by atoms with van der Waals surface area (Å²) in [5, 5.41) is 0.209. The van der Waals surface area contributed by atoms with Gasteiger partial charge in [0.15, 0.2) is 0 Å². The smallest absolute Gasteiger partial charge is 0.241 e. The molecule has 1 aromatic carbocycles. The van der Waals surface area contributed by atoms with E-state index in [1.165, 1.54) is 19.2 Å². The fraction of sp³-hybridized carbons (Fsp3) is 0.455. The zero-order chi connectivity index (χ0) is 14.6. The van der Waals surface area contributed by atoms with Gasteiger partial charge in [-0.1, -0.05) is 30.1 Å². The summed E-state index contributed by atoms with van der Waals surface area (Å²) in [6.45, 7) is 2.14. The van der Waals surface area contributed by atoms with E-state index in [-0.39, 0.29) is 33.3 Å². The van der Waals surface area contributed by atoms with E-state index in [0.717, 1.165) is 0 Å². The van der Waals surface area contributed by atoms with Crippen molar-refractivity contribution in [3.63, 3.8) is 0 Å². The lowest BCUT2D eigenvalue weighted by Gasteiger charge is -2.16. The summed E-state index contributed by atoms with van der Waals surface area (Å²) >= 11 is 11.7. The van der Waals surface area contributed by atoms with Gasteiger partial charge in [0.05, 0.1) is 27.2 Å². The van der Waals surface area contributed by atoms with Crippen LogP contribution in [0.4, 0.5) is 5.69 Å². The van der Waals surface area contributed by atoms with Gasteiger partial charge in [0.1, 0.15) is 0 Å². The molecule has 0 radical (unpaired) electrons. The van der Waals surface area contributed by atoms with Crippen LogP contribution in [-0.2, 0) is 14.8 Å². The number of ether oxygens (including phenoxy) is 1. The van der Waals surface area contributed by atoms with Crippen LogP contribution >= 0.6 is 23.2 Å². The molecule has 0 fully saturated rings. The van der Waals surface area contributed by atoms with Gasteiger partial charge in [-0.2, -0.15) is 0 Å². The summed E-state index contributed by atoms with van der Waals surface area (Å²) in [5.74, 6) is 0. The molecule has 0 saturated carbocycles. The Morgan fingerprint density at radius 1 is 1.37 bits per heavy atom. The quantitative estimate of drug-likeness (QED) is 0.786. The van der Waals surface area contributed by atoms with Crippen LogP contribution in [0.5, 0.6) is 0 Å². The average molecular weight is 327 g/mol. The van der Waals surface area contributed by atoms with E-state index in [0.29, 0.717) is 6.42 Å². The largest absolute Gasteiger partial charge is 0.396 e. The first-order chi connectivity index (χ1) is 8.81. The Hall–Kier alpha value is -0.530. The minimum Gasteiger partial charge on any atom is -0.396 e. The third kappa shape index (κ3) is 4.22. The molecule has 5 nitrogen and oxygen atoms in total. The Labute approximate surface area is 123 Å². The highest BCUT2D eigenvalue weighted by molar-refractivity contribution is 7.89. The molecule has 108 valence electrons. The Morgan fingerprint density at radius 2 is 1.89 bits per heavy atom. The van der Waals surface area contributed by atoms with Crippen molar-refractivity contribution in [3.8, 4) is 0 Å². The molecule has 1 atom stereocenters. The number of benzene rings is 1. The van der Waals surface area contributed by atoms with Crippen molar-refractivity contribution in [1.29, 1.82) is 0 Å². The first-order valence-corrected chi connectivity index (χ1v) is 7.81. The number of nitrogen functional groups attached to an aromatic ring is 1. The van der Waals surface area contributed by atoms with Gasteiger partial charge in [0.25, 0.3) is 0 Å². The Bertz CT molecular complexity index is 526. The minimum atomic E-state index is -3.71. The monoisotopic (exact) mass is 326 g/mol. The molecule has 0 spiro atoms. The SMILES string of the molecule is CC[C@H](COC)NS(=O)(=O)c1cc(Cl)c(N)c(Cl)c1. The lowest BCUT2D eigenvalue weighted by molar-refractivity contribution is 0.173. The summed E-state index contributed by atoms with van der Waals surface area (Å²) in [4.78, 5) is -0.0220. The van der Waals surface area contributed by atoms with Crippen LogP contribution in [0.3, 0.4) is 0 Å². The van der Waals surface area contributed by atoms with Crippen LogP contribution in [0, 0.1) is 0 Å². The number of nitrogens with one attached hydrogen (secondary N) is 1. The maximum atomic E-state index is 12.2. The molecule has 0 aliphatic heterocycles. The number of halogens is 2. The second-order valence-corrected chi connectivity index (χ2v) is 6.51. The highest BCUT2D eigenvalue weighted by Gasteiger charge is 2.21. The van der Waals surface area contributed by atoms with E-state index >= 15 is 0 Å². The van der Waals surface area contributed by atoms with Gasteiger partial charge < -0.3 is 10.5 Å². The molecule has 0 bridgehead atoms. The molecule has 0 heterocycles. The molecule has 1 aromatic rings. The first kappa shape index (κ1) is 16.5. The van der Waals surface area contributed by atoms with E-state index < -0.39 is 10.0 Å². The van der Waals surface area contributed by atoms with E-state index in [1.54, 1.807) is 0 Å². The van der Waals surface area contributed by atoms with Crippen LogP contribution < -0.4 is 10.5 Å². The van der Waals surface area contributed by atoms with Crippen molar-refractivity contribution in [2.75, 3.05) is 19.5 Å². The zero-order valence-electron chi connectivity index (χ0n) is 10.6. The van der Waals surface area contributed by atoms with Crippen LogP contribution in [0.1, 0.15) is 13.3 Å². The van der Waals surface area contributed by atoms with Crippen molar-refractivity contribution >= 4 is 38.9 Å². The van der Waals surface area contributed by atoms with Crippen LogP contribution in [-0.4, -0.2) is 28.2 Å². The Morgan fingerprint density at radius 3 is 2.32 bits per heavy atom. The van der Waals surface area contributed by atoms with Gasteiger partial charge in [-0.25, -0.2) is 13.1 Å². The third-order valence-electron chi connectivity index (χ3n) is 2.55. The number of sulfonamides is 1. The van der Waals surface area contributed by atoms with Crippen molar-refractivity contribution in [1.82, 2.24) is 4.72 Å². The molecule has 0 amide bonds. The number of methoxy groups -OCH3 is 1. The highest BCUT2D eigenvalue weighted by atomic mass is 35.5. The second kappa shape index (κ2) is 6.76. The molecule has 0 unspecified atom stereocenters. The van der Waals surface area contributed by atoms with Crippen LogP contribution in [0.25, 0.3) is 0 Å². The van der Waals surface area contributed by atoms with Gasteiger partial charge in [-0.05, 0) is 18.6 Å². The average Bonchev–Trinajstić information content (AvgIpc) is 2.34. The fourth-order valence-corrected chi connectivity index (χ4v) is 3.41. The van der Waals surface area contributed by atoms with Gasteiger partial charge in [-0.3, -0.25) is 0 Å². The van der Waals surface area contributed by atoms with Gasteiger partial charge in [-0.15, -0.1) is 0 Å². The molecule has 1 rings (SSSR count). The highest BCUT2D eigenvalue weighted by Crippen LogP contribution is 2.30. The van der Waals surface area contributed by atoms with E-state index in [4.69, 9.17) is 33.7 Å². The minimum absolute atomic E-state index is 0.0220. The fourth-order valence-electron chi connectivity index (χ4n) is 1.44. The number of hydrogen-bond acceptors (Lipinski definition) is 4. The molecule has 0 aliphatic rings. The van der Waals surface area contributed by atoms with Crippen molar-refractivity contribution in [2.24, 2.45) is 0 Å². The van der Waals surface area contributed by atoms with Crippen molar-refractivity contribution in [3.05, 3.63) is 22.2 Å². The lowest BCUT2D eigenvalue weighted by Crippen LogP contribution is -2.37. The maximum Gasteiger partial charge on any atom is 0.241 e. The van der Waals surface area contributed by atoms with E-state index in [2.05, 4.69) is 4.72 Å². The van der Waals surface area contributed by atoms with Gasteiger partial charge >= 0.3 is 0 Å². The first-order valence-electron chi connectivity index (χ1n) is 5.57. The van der Waals surface area contributed by atoms with E-state index in [9.17, 15) is 8.42 Å². The summed E-state index contributed by atoms with van der Waals surface area (Å²) in [6.07, 6.45) is 0.601. The topological polar surface area (TPSA) is 81.4 Å². The van der Waals surface area contributed by atoms with Crippen molar-refractivity contribution < 1.29 is 13.2 Å². The number of rotatable bonds is 6. The molecule has 0 aliphatic carbocycles. The molecular formula is C11H16Cl2N2O3S. The summed E-state index contributed by atoms with van der Waals surface area (Å²) in [6, 6.07) is 2.22. The standard InChI is InChI=1S/C11H16Cl2N2O3S/c1-3-7(6-18-2)15-19(16,17)8-4-9(12)11(14)10(13)5-8/h4-5,7,15H,3,6,14H2,1-2H3/t7-/m1/s1. The number of nitrogens with two attached hydrogens (primary N) is 1. The third-order valence-corrected chi connectivity index (χ3v) is 4.67.